The predicted molar refractivity (Wildman–Crippen MR) is 49.9 cm³/mol. The molecule has 1 aromatic rings. The molecule has 0 aliphatic heterocycles. The molecule has 0 saturated carbocycles. The van der Waals surface area contributed by atoms with Crippen molar-refractivity contribution in [3.05, 3.63) is 34.9 Å². The first-order valence-corrected chi connectivity index (χ1v) is 4.00. The van der Waals surface area contributed by atoms with E-state index in [1.807, 2.05) is 19.1 Å². The first kappa shape index (κ1) is 9.23. The molecule has 1 rings (SSSR count). The van der Waals surface area contributed by atoms with Gasteiger partial charge in [-0.1, -0.05) is 23.8 Å². The second-order valence-electron chi connectivity index (χ2n) is 3.02. The molecule has 2 nitrogen and oxygen atoms in total. The van der Waals surface area contributed by atoms with Crippen LogP contribution in [0.2, 0.25) is 0 Å². The van der Waals surface area contributed by atoms with Gasteiger partial charge >= 0.3 is 0 Å². The molecule has 2 N–H and O–H groups in total. The zero-order valence-electron chi connectivity index (χ0n) is 7.79. The van der Waals surface area contributed by atoms with Crippen molar-refractivity contribution in [1.82, 2.24) is 0 Å². The molecule has 12 heavy (non-hydrogen) atoms. The summed E-state index contributed by atoms with van der Waals surface area (Å²) < 4.78 is 5.03. The molecular weight excluding hydrogens is 150 g/mol. The van der Waals surface area contributed by atoms with Crippen LogP contribution in [0.15, 0.2) is 18.2 Å². The van der Waals surface area contributed by atoms with Crippen molar-refractivity contribution in [3.63, 3.8) is 0 Å². The number of ether oxygens (including phenoxy) is 1. The Morgan fingerprint density at radius 2 is 2.00 bits per heavy atom. The van der Waals surface area contributed by atoms with Gasteiger partial charge in [-0.25, -0.2) is 0 Å². The summed E-state index contributed by atoms with van der Waals surface area (Å²) in [5.41, 5.74) is 9.22. The molecule has 0 spiro atoms. The average Bonchev–Trinajstić information content (AvgIpc) is 2.03. The lowest BCUT2D eigenvalue weighted by Gasteiger charge is -2.12. The number of aryl methyl sites for hydroxylation is 2. The number of nitrogens with two attached hydrogens (primary N) is 1. The second kappa shape index (κ2) is 3.70. The molecule has 1 atom stereocenters. The Bertz CT molecular complexity index is 271. The summed E-state index contributed by atoms with van der Waals surface area (Å²) in [6.07, 6.45) is -0.300. The van der Waals surface area contributed by atoms with Crippen molar-refractivity contribution >= 4 is 0 Å². The van der Waals surface area contributed by atoms with Gasteiger partial charge in [-0.2, -0.15) is 0 Å². The van der Waals surface area contributed by atoms with Crippen molar-refractivity contribution < 1.29 is 4.74 Å². The van der Waals surface area contributed by atoms with E-state index in [2.05, 4.69) is 13.0 Å². The van der Waals surface area contributed by atoms with Crippen LogP contribution in [0.4, 0.5) is 0 Å². The Hall–Kier alpha value is -0.860. The van der Waals surface area contributed by atoms with Gasteiger partial charge in [0.2, 0.25) is 0 Å². The normalized spacial score (nSPS) is 13.0. The Balaban J connectivity index is 3.01. The van der Waals surface area contributed by atoms with Gasteiger partial charge in [-0.15, -0.1) is 0 Å². The van der Waals surface area contributed by atoms with Gasteiger partial charge in [0.15, 0.2) is 0 Å². The van der Waals surface area contributed by atoms with Crippen LogP contribution >= 0.6 is 0 Å². The van der Waals surface area contributed by atoms with Gasteiger partial charge in [-0.3, -0.25) is 0 Å². The molecule has 0 aliphatic rings. The van der Waals surface area contributed by atoms with Crippen LogP contribution in [0, 0.1) is 13.8 Å². The molecule has 0 saturated heterocycles. The van der Waals surface area contributed by atoms with Gasteiger partial charge in [0.05, 0.1) is 0 Å². The quantitative estimate of drug-likeness (QED) is 0.679. The number of hydrogen-bond acceptors (Lipinski definition) is 2. The third-order valence-electron chi connectivity index (χ3n) is 1.99. The Labute approximate surface area is 73.3 Å². The van der Waals surface area contributed by atoms with E-state index in [9.17, 15) is 0 Å². The lowest BCUT2D eigenvalue weighted by molar-refractivity contribution is 0.109. The Morgan fingerprint density at radius 3 is 2.50 bits per heavy atom. The fraction of sp³-hybridized carbons (Fsp3) is 0.400. The molecule has 0 heterocycles. The van der Waals surface area contributed by atoms with Gasteiger partial charge in [0.1, 0.15) is 6.23 Å². The zero-order valence-corrected chi connectivity index (χ0v) is 7.79. The highest BCUT2D eigenvalue weighted by Crippen LogP contribution is 2.16. The van der Waals surface area contributed by atoms with E-state index in [-0.39, 0.29) is 6.23 Å². The summed E-state index contributed by atoms with van der Waals surface area (Å²) in [4.78, 5) is 0. The molecule has 0 aromatic heterocycles. The van der Waals surface area contributed by atoms with Crippen molar-refractivity contribution in [2.75, 3.05) is 7.11 Å². The average molecular weight is 165 g/mol. The minimum absolute atomic E-state index is 0.300. The molecule has 0 bridgehead atoms. The molecule has 0 amide bonds. The molecule has 2 heteroatoms. The highest BCUT2D eigenvalue weighted by Gasteiger charge is 2.06. The fourth-order valence-corrected chi connectivity index (χ4v) is 1.27. The zero-order chi connectivity index (χ0) is 9.14. The third-order valence-corrected chi connectivity index (χ3v) is 1.99. The summed E-state index contributed by atoms with van der Waals surface area (Å²) in [5, 5.41) is 0. The number of hydrogen-bond donors (Lipinski definition) is 1. The summed E-state index contributed by atoms with van der Waals surface area (Å²) >= 11 is 0. The lowest BCUT2D eigenvalue weighted by atomic mass is 10.1. The van der Waals surface area contributed by atoms with Gasteiger partial charge in [-0.05, 0) is 25.0 Å². The standard InChI is InChI=1S/C10H15NO/c1-7-4-5-9(8(2)6-7)10(11)12-3/h4-6,10H,11H2,1-3H3. The SMILES string of the molecule is COC(N)c1ccc(C)cc1C. The van der Waals surface area contributed by atoms with Gasteiger partial charge in [0.25, 0.3) is 0 Å². The van der Waals surface area contributed by atoms with E-state index in [1.165, 1.54) is 11.1 Å². The first-order valence-electron chi connectivity index (χ1n) is 4.00. The number of benzene rings is 1. The minimum Gasteiger partial charge on any atom is -0.363 e. The van der Waals surface area contributed by atoms with Crippen molar-refractivity contribution in [2.24, 2.45) is 5.73 Å². The van der Waals surface area contributed by atoms with E-state index >= 15 is 0 Å². The summed E-state index contributed by atoms with van der Waals surface area (Å²) in [7, 11) is 1.62. The van der Waals surface area contributed by atoms with Crippen LogP contribution in [0.1, 0.15) is 22.9 Å². The maximum atomic E-state index is 5.72. The van der Waals surface area contributed by atoms with E-state index < -0.39 is 0 Å². The summed E-state index contributed by atoms with van der Waals surface area (Å²) in [6.45, 7) is 4.11. The first-order chi connectivity index (χ1) is 5.65. The molecule has 0 radical (unpaired) electrons. The highest BCUT2D eigenvalue weighted by atomic mass is 16.5. The third kappa shape index (κ3) is 1.84. The number of rotatable bonds is 2. The largest absolute Gasteiger partial charge is 0.363 e. The maximum absolute atomic E-state index is 5.72. The monoisotopic (exact) mass is 165 g/mol. The van der Waals surface area contributed by atoms with Crippen LogP contribution < -0.4 is 5.73 Å². The molecule has 66 valence electrons. The highest BCUT2D eigenvalue weighted by molar-refractivity contribution is 5.31. The lowest BCUT2D eigenvalue weighted by Crippen LogP contribution is -2.13. The maximum Gasteiger partial charge on any atom is 0.131 e. The van der Waals surface area contributed by atoms with Crippen LogP contribution in [0.25, 0.3) is 0 Å². The molecule has 0 fully saturated rings. The fourth-order valence-electron chi connectivity index (χ4n) is 1.27. The number of methoxy groups -OCH3 is 1. The molecular formula is C10H15NO. The van der Waals surface area contributed by atoms with Crippen LogP contribution in [-0.4, -0.2) is 7.11 Å². The van der Waals surface area contributed by atoms with E-state index in [1.54, 1.807) is 7.11 Å². The van der Waals surface area contributed by atoms with E-state index in [0.717, 1.165) is 5.56 Å². The van der Waals surface area contributed by atoms with E-state index in [4.69, 9.17) is 10.5 Å². The Morgan fingerprint density at radius 1 is 1.33 bits per heavy atom. The summed E-state index contributed by atoms with van der Waals surface area (Å²) in [6, 6.07) is 6.16. The van der Waals surface area contributed by atoms with Crippen molar-refractivity contribution in [1.29, 1.82) is 0 Å². The molecule has 0 aliphatic carbocycles. The smallest absolute Gasteiger partial charge is 0.131 e. The van der Waals surface area contributed by atoms with Gasteiger partial charge in [0, 0.05) is 7.11 Å². The van der Waals surface area contributed by atoms with Crippen molar-refractivity contribution in [3.8, 4) is 0 Å². The molecule has 1 aromatic carbocycles. The minimum atomic E-state index is -0.300. The van der Waals surface area contributed by atoms with Crippen LogP contribution in [0.3, 0.4) is 0 Å². The van der Waals surface area contributed by atoms with E-state index in [0.29, 0.717) is 0 Å². The predicted octanol–water partition coefficient (Wildman–Crippen LogP) is 1.91. The molecule has 1 unspecified atom stereocenters. The van der Waals surface area contributed by atoms with Gasteiger partial charge < -0.3 is 10.5 Å². The van der Waals surface area contributed by atoms with Crippen molar-refractivity contribution in [2.45, 2.75) is 20.1 Å². The second-order valence-corrected chi connectivity index (χ2v) is 3.02. The Kier molecular flexibility index (Phi) is 2.84. The summed E-state index contributed by atoms with van der Waals surface area (Å²) in [5.74, 6) is 0. The topological polar surface area (TPSA) is 35.2 Å². The van der Waals surface area contributed by atoms with Crippen LogP contribution in [-0.2, 0) is 4.74 Å². The van der Waals surface area contributed by atoms with Crippen LogP contribution in [0.5, 0.6) is 0 Å².